The smallest absolute Gasteiger partial charge is 0.223 e. The molecule has 0 aliphatic rings. The molecule has 4 nitrogen and oxygen atoms in total. The Morgan fingerprint density at radius 1 is 1.38 bits per heavy atom. The number of hydrogen-bond donors (Lipinski definition) is 1. The van der Waals surface area contributed by atoms with E-state index in [0.717, 1.165) is 18.2 Å². The average Bonchev–Trinajstić information content (AvgIpc) is 2.67. The zero-order chi connectivity index (χ0) is 11.7. The second kappa shape index (κ2) is 3.97. The van der Waals surface area contributed by atoms with Crippen molar-refractivity contribution in [1.29, 1.82) is 0 Å². The minimum Gasteiger partial charge on any atom is -0.340 e. The summed E-state index contributed by atoms with van der Waals surface area (Å²) >= 11 is 0. The molecule has 1 aromatic carbocycles. The Labute approximate surface area is 90.1 Å². The fourth-order valence-corrected chi connectivity index (χ4v) is 1.33. The lowest BCUT2D eigenvalue weighted by Crippen LogP contribution is -2.15. The van der Waals surface area contributed by atoms with E-state index >= 15 is 0 Å². The fourth-order valence-electron chi connectivity index (χ4n) is 1.33. The van der Waals surface area contributed by atoms with Crippen LogP contribution < -0.4 is 5.73 Å². The van der Waals surface area contributed by atoms with E-state index in [1.54, 1.807) is 6.92 Å². The van der Waals surface area contributed by atoms with Gasteiger partial charge in [0.1, 0.15) is 11.6 Å². The molecule has 0 radical (unpaired) electrons. The van der Waals surface area contributed by atoms with Crippen molar-refractivity contribution in [3.05, 3.63) is 47.1 Å². The van der Waals surface area contributed by atoms with Gasteiger partial charge in [-0.1, -0.05) is 5.16 Å². The molecule has 0 aliphatic carbocycles. The van der Waals surface area contributed by atoms with Crippen LogP contribution in [0.25, 0.3) is 0 Å². The summed E-state index contributed by atoms with van der Waals surface area (Å²) < 4.78 is 31.0. The van der Waals surface area contributed by atoms with E-state index in [2.05, 4.69) is 10.1 Å². The van der Waals surface area contributed by atoms with E-state index < -0.39 is 17.7 Å². The third-order valence-corrected chi connectivity index (χ3v) is 2.11. The van der Waals surface area contributed by atoms with Gasteiger partial charge in [-0.2, -0.15) is 4.98 Å². The maximum Gasteiger partial charge on any atom is 0.223 e. The van der Waals surface area contributed by atoms with Crippen LogP contribution in [0, 0.1) is 18.6 Å². The molecule has 84 valence electrons. The molecule has 6 heteroatoms. The maximum atomic E-state index is 13.4. The van der Waals surface area contributed by atoms with Gasteiger partial charge in [0.15, 0.2) is 5.82 Å². The molecule has 0 aliphatic heterocycles. The molecular formula is C10H9F2N3O. The molecule has 1 atom stereocenters. The first kappa shape index (κ1) is 10.7. The van der Waals surface area contributed by atoms with Crippen molar-refractivity contribution in [3.63, 3.8) is 0 Å². The Morgan fingerprint density at radius 2 is 2.12 bits per heavy atom. The third kappa shape index (κ3) is 1.92. The van der Waals surface area contributed by atoms with Crippen LogP contribution in [0.15, 0.2) is 22.7 Å². The minimum atomic E-state index is -0.937. The number of hydrogen-bond acceptors (Lipinski definition) is 4. The van der Waals surface area contributed by atoms with Crippen molar-refractivity contribution in [3.8, 4) is 0 Å². The quantitative estimate of drug-likeness (QED) is 0.844. The second-order valence-corrected chi connectivity index (χ2v) is 3.32. The van der Waals surface area contributed by atoms with Crippen LogP contribution in [0.3, 0.4) is 0 Å². The van der Waals surface area contributed by atoms with E-state index in [0.29, 0.717) is 5.89 Å². The Bertz CT molecular complexity index is 513. The van der Waals surface area contributed by atoms with Gasteiger partial charge in [0, 0.05) is 12.5 Å². The van der Waals surface area contributed by atoms with Crippen LogP contribution in [0.4, 0.5) is 8.78 Å². The lowest BCUT2D eigenvalue weighted by Gasteiger charge is -2.08. The van der Waals surface area contributed by atoms with Gasteiger partial charge in [-0.05, 0) is 18.2 Å². The van der Waals surface area contributed by atoms with Crippen molar-refractivity contribution in [2.45, 2.75) is 13.0 Å². The van der Waals surface area contributed by atoms with E-state index in [1.165, 1.54) is 0 Å². The predicted octanol–water partition coefficient (Wildman–Crippen LogP) is 1.70. The van der Waals surface area contributed by atoms with Gasteiger partial charge in [-0.3, -0.25) is 0 Å². The van der Waals surface area contributed by atoms with Crippen molar-refractivity contribution in [1.82, 2.24) is 10.1 Å². The van der Waals surface area contributed by atoms with Crippen LogP contribution in [0.1, 0.15) is 23.3 Å². The predicted molar refractivity (Wildman–Crippen MR) is 51.4 cm³/mol. The maximum absolute atomic E-state index is 13.4. The highest BCUT2D eigenvalue weighted by atomic mass is 19.1. The first-order valence-corrected chi connectivity index (χ1v) is 4.58. The standard InChI is InChI=1S/C10H9F2N3O/c1-5-14-10(15-16-5)9(13)7-4-6(11)2-3-8(7)12/h2-4,9H,13H2,1H3. The molecule has 1 aromatic heterocycles. The highest BCUT2D eigenvalue weighted by Crippen LogP contribution is 2.20. The summed E-state index contributed by atoms with van der Waals surface area (Å²) in [6.45, 7) is 1.59. The monoisotopic (exact) mass is 225 g/mol. The molecule has 0 amide bonds. The molecule has 2 aromatic rings. The summed E-state index contributed by atoms with van der Waals surface area (Å²) in [6.07, 6.45) is 0. The summed E-state index contributed by atoms with van der Waals surface area (Å²) in [5.74, 6) is -0.715. The third-order valence-electron chi connectivity index (χ3n) is 2.11. The van der Waals surface area contributed by atoms with Crippen LogP contribution in [-0.4, -0.2) is 10.1 Å². The van der Waals surface area contributed by atoms with Crippen molar-refractivity contribution in [2.75, 3.05) is 0 Å². The largest absolute Gasteiger partial charge is 0.340 e. The number of nitrogens with two attached hydrogens (primary N) is 1. The molecule has 0 fully saturated rings. The Morgan fingerprint density at radius 3 is 2.75 bits per heavy atom. The number of benzene rings is 1. The van der Waals surface area contributed by atoms with Gasteiger partial charge in [0.25, 0.3) is 0 Å². The van der Waals surface area contributed by atoms with E-state index in [1.807, 2.05) is 0 Å². The molecule has 16 heavy (non-hydrogen) atoms. The summed E-state index contributed by atoms with van der Waals surface area (Å²) in [6, 6.07) is 2.11. The van der Waals surface area contributed by atoms with Crippen molar-refractivity contribution < 1.29 is 13.3 Å². The SMILES string of the molecule is Cc1nc(C(N)c2cc(F)ccc2F)no1. The van der Waals surface area contributed by atoms with Crippen LogP contribution in [0.2, 0.25) is 0 Å². The van der Waals surface area contributed by atoms with Gasteiger partial charge in [-0.15, -0.1) is 0 Å². The summed E-state index contributed by atoms with van der Waals surface area (Å²) in [7, 11) is 0. The van der Waals surface area contributed by atoms with Crippen molar-refractivity contribution in [2.24, 2.45) is 5.73 Å². The van der Waals surface area contributed by atoms with Crippen LogP contribution >= 0.6 is 0 Å². The molecule has 0 spiro atoms. The highest BCUT2D eigenvalue weighted by molar-refractivity contribution is 5.26. The fraction of sp³-hybridized carbons (Fsp3) is 0.200. The number of aromatic nitrogens is 2. The molecule has 0 saturated heterocycles. The number of rotatable bonds is 2. The Balaban J connectivity index is 2.40. The molecule has 2 rings (SSSR count). The van der Waals surface area contributed by atoms with Gasteiger partial charge >= 0.3 is 0 Å². The zero-order valence-electron chi connectivity index (χ0n) is 8.45. The summed E-state index contributed by atoms with van der Waals surface area (Å²) in [5.41, 5.74) is 5.71. The Kier molecular flexibility index (Phi) is 2.66. The first-order valence-electron chi connectivity index (χ1n) is 4.58. The van der Waals surface area contributed by atoms with Crippen LogP contribution in [-0.2, 0) is 0 Å². The second-order valence-electron chi connectivity index (χ2n) is 3.32. The topological polar surface area (TPSA) is 64.9 Å². The molecule has 0 bridgehead atoms. The number of nitrogens with zero attached hydrogens (tertiary/aromatic N) is 2. The Hall–Kier alpha value is -1.82. The molecule has 2 N–H and O–H groups in total. The molecule has 1 unspecified atom stereocenters. The average molecular weight is 225 g/mol. The van der Waals surface area contributed by atoms with Crippen LogP contribution in [0.5, 0.6) is 0 Å². The van der Waals surface area contributed by atoms with Gasteiger partial charge in [-0.25, -0.2) is 8.78 Å². The van der Waals surface area contributed by atoms with Gasteiger partial charge in [0.2, 0.25) is 5.89 Å². The lowest BCUT2D eigenvalue weighted by atomic mass is 10.1. The van der Waals surface area contributed by atoms with Gasteiger partial charge in [0.05, 0.1) is 6.04 Å². The molecule has 0 saturated carbocycles. The minimum absolute atomic E-state index is 0.000741. The van der Waals surface area contributed by atoms with E-state index in [4.69, 9.17) is 10.3 Å². The number of halogens is 2. The van der Waals surface area contributed by atoms with Crippen molar-refractivity contribution >= 4 is 0 Å². The van der Waals surface area contributed by atoms with E-state index in [-0.39, 0.29) is 11.4 Å². The molecular weight excluding hydrogens is 216 g/mol. The highest BCUT2D eigenvalue weighted by Gasteiger charge is 2.19. The normalized spacial score (nSPS) is 12.8. The zero-order valence-corrected chi connectivity index (χ0v) is 8.45. The van der Waals surface area contributed by atoms with E-state index in [9.17, 15) is 8.78 Å². The first-order chi connectivity index (χ1) is 7.58. The number of aryl methyl sites for hydroxylation is 1. The molecule has 1 heterocycles. The summed E-state index contributed by atoms with van der Waals surface area (Å²) in [5, 5.41) is 3.56. The lowest BCUT2D eigenvalue weighted by molar-refractivity contribution is 0.385. The van der Waals surface area contributed by atoms with Gasteiger partial charge < -0.3 is 10.3 Å². The summed E-state index contributed by atoms with van der Waals surface area (Å²) in [4.78, 5) is 3.87.